The van der Waals surface area contributed by atoms with Crippen molar-refractivity contribution in [3.63, 3.8) is 0 Å². The molecule has 0 radical (unpaired) electrons. The van der Waals surface area contributed by atoms with Crippen molar-refractivity contribution < 1.29 is 0 Å². The Bertz CT molecular complexity index is 654. The zero-order valence-corrected chi connectivity index (χ0v) is 14.2. The molecule has 112 valence electrons. The van der Waals surface area contributed by atoms with Gasteiger partial charge < -0.3 is 5.32 Å². The number of aromatic nitrogens is 2. The molecule has 0 spiro atoms. The van der Waals surface area contributed by atoms with Gasteiger partial charge in [-0.25, -0.2) is 9.97 Å². The van der Waals surface area contributed by atoms with E-state index >= 15 is 0 Å². The average molecular weight is 324 g/mol. The van der Waals surface area contributed by atoms with Crippen molar-refractivity contribution in [1.82, 2.24) is 9.97 Å². The smallest absolute Gasteiger partial charge is 0.133 e. The van der Waals surface area contributed by atoms with Gasteiger partial charge in [0.05, 0.1) is 10.7 Å². The van der Waals surface area contributed by atoms with Crippen LogP contribution in [0.1, 0.15) is 38.1 Å². The lowest BCUT2D eigenvalue weighted by Gasteiger charge is -2.15. The molecule has 0 aliphatic rings. The summed E-state index contributed by atoms with van der Waals surface area (Å²) in [6, 6.07) is 5.47. The zero-order chi connectivity index (χ0) is 15.6. The Morgan fingerprint density at radius 2 is 1.90 bits per heavy atom. The molecular formula is C16H19Cl2N3. The van der Waals surface area contributed by atoms with Crippen LogP contribution in [-0.2, 0) is 0 Å². The second kappa shape index (κ2) is 6.63. The maximum Gasteiger partial charge on any atom is 0.133 e. The lowest BCUT2D eigenvalue weighted by molar-refractivity contribution is 0.774. The molecule has 2 aromatic rings. The van der Waals surface area contributed by atoms with Gasteiger partial charge >= 0.3 is 0 Å². The quantitative estimate of drug-likeness (QED) is 0.828. The molecule has 0 saturated carbocycles. The molecular weight excluding hydrogens is 305 g/mol. The van der Waals surface area contributed by atoms with E-state index < -0.39 is 0 Å². The second-order valence-electron chi connectivity index (χ2n) is 5.21. The molecule has 0 aliphatic carbocycles. The Balaban J connectivity index is 2.66. The third-order valence-electron chi connectivity index (χ3n) is 3.21. The van der Waals surface area contributed by atoms with Crippen molar-refractivity contribution in [3.05, 3.63) is 39.6 Å². The second-order valence-corrected chi connectivity index (χ2v) is 6.06. The molecule has 0 fully saturated rings. The summed E-state index contributed by atoms with van der Waals surface area (Å²) in [5, 5.41) is 4.51. The van der Waals surface area contributed by atoms with E-state index in [0.29, 0.717) is 10.0 Å². The van der Waals surface area contributed by atoms with Crippen LogP contribution in [0.3, 0.4) is 0 Å². The van der Waals surface area contributed by atoms with Crippen LogP contribution in [0.2, 0.25) is 10.0 Å². The number of hydrogen-bond donors (Lipinski definition) is 1. The maximum atomic E-state index is 6.33. The van der Waals surface area contributed by atoms with Gasteiger partial charge in [0, 0.05) is 28.6 Å². The summed E-state index contributed by atoms with van der Waals surface area (Å²) in [6.07, 6.45) is 0. The summed E-state index contributed by atoms with van der Waals surface area (Å²) < 4.78 is 0. The van der Waals surface area contributed by atoms with Gasteiger partial charge in [0.2, 0.25) is 0 Å². The molecule has 0 amide bonds. The van der Waals surface area contributed by atoms with Crippen LogP contribution >= 0.6 is 23.2 Å². The summed E-state index contributed by atoms with van der Waals surface area (Å²) in [4.78, 5) is 9.30. The van der Waals surface area contributed by atoms with E-state index in [2.05, 4.69) is 24.1 Å². The zero-order valence-electron chi connectivity index (χ0n) is 12.7. The van der Waals surface area contributed by atoms with E-state index in [0.717, 1.165) is 35.0 Å². The summed E-state index contributed by atoms with van der Waals surface area (Å²) in [6.45, 7) is 9.01. The average Bonchev–Trinajstić information content (AvgIpc) is 2.41. The van der Waals surface area contributed by atoms with E-state index in [1.54, 1.807) is 6.07 Å². The van der Waals surface area contributed by atoms with Crippen LogP contribution in [-0.4, -0.2) is 16.5 Å². The number of halogens is 2. The normalized spacial score (nSPS) is 11.0. The Morgan fingerprint density at radius 3 is 2.48 bits per heavy atom. The van der Waals surface area contributed by atoms with Crippen LogP contribution in [0.15, 0.2) is 18.2 Å². The van der Waals surface area contributed by atoms with E-state index in [9.17, 15) is 0 Å². The Hall–Kier alpha value is -1.32. The summed E-state index contributed by atoms with van der Waals surface area (Å²) >= 11 is 12.3. The first-order valence-electron chi connectivity index (χ1n) is 7.01. The molecule has 0 unspecified atom stereocenters. The Morgan fingerprint density at radius 1 is 1.19 bits per heavy atom. The number of nitrogens with one attached hydrogen (secondary N) is 1. The van der Waals surface area contributed by atoms with Gasteiger partial charge in [-0.05, 0) is 32.0 Å². The first-order chi connectivity index (χ1) is 9.93. The molecule has 3 nitrogen and oxygen atoms in total. The van der Waals surface area contributed by atoms with E-state index in [4.69, 9.17) is 28.2 Å². The lowest BCUT2D eigenvalue weighted by atomic mass is 10.1. The van der Waals surface area contributed by atoms with Gasteiger partial charge in [-0.1, -0.05) is 37.0 Å². The molecule has 1 N–H and O–H groups in total. The number of hydrogen-bond acceptors (Lipinski definition) is 3. The molecule has 0 aliphatic heterocycles. The summed E-state index contributed by atoms with van der Waals surface area (Å²) in [7, 11) is 0. The topological polar surface area (TPSA) is 37.8 Å². The monoisotopic (exact) mass is 323 g/mol. The fraction of sp³-hybridized carbons (Fsp3) is 0.375. The molecule has 2 rings (SSSR count). The van der Waals surface area contributed by atoms with Gasteiger partial charge in [0.15, 0.2) is 0 Å². The minimum Gasteiger partial charge on any atom is -0.370 e. The van der Waals surface area contributed by atoms with Crippen molar-refractivity contribution in [2.45, 2.75) is 33.6 Å². The fourth-order valence-electron chi connectivity index (χ4n) is 2.08. The van der Waals surface area contributed by atoms with E-state index in [-0.39, 0.29) is 5.92 Å². The Kier molecular flexibility index (Phi) is 5.07. The highest BCUT2D eigenvalue weighted by molar-refractivity contribution is 6.36. The fourth-order valence-corrected chi connectivity index (χ4v) is 2.57. The van der Waals surface area contributed by atoms with E-state index in [1.807, 2.05) is 26.0 Å². The lowest BCUT2D eigenvalue weighted by Crippen LogP contribution is -2.09. The third-order valence-corrected chi connectivity index (χ3v) is 3.76. The largest absolute Gasteiger partial charge is 0.370 e. The molecule has 1 aromatic heterocycles. The van der Waals surface area contributed by atoms with Crippen LogP contribution < -0.4 is 5.32 Å². The van der Waals surface area contributed by atoms with Crippen LogP contribution in [0, 0.1) is 6.92 Å². The van der Waals surface area contributed by atoms with Crippen LogP contribution in [0.4, 0.5) is 5.82 Å². The maximum absolute atomic E-state index is 6.33. The van der Waals surface area contributed by atoms with Crippen molar-refractivity contribution >= 4 is 29.0 Å². The minimum absolute atomic E-state index is 0.243. The first-order valence-corrected chi connectivity index (χ1v) is 7.77. The molecule has 1 heterocycles. The van der Waals surface area contributed by atoms with Crippen molar-refractivity contribution in [1.29, 1.82) is 0 Å². The van der Waals surface area contributed by atoms with Crippen molar-refractivity contribution in [2.24, 2.45) is 0 Å². The van der Waals surface area contributed by atoms with Crippen molar-refractivity contribution in [3.8, 4) is 11.3 Å². The van der Waals surface area contributed by atoms with Crippen molar-refractivity contribution in [2.75, 3.05) is 11.9 Å². The van der Waals surface area contributed by atoms with Gasteiger partial charge in [0.1, 0.15) is 11.6 Å². The number of nitrogens with zero attached hydrogens (tertiary/aromatic N) is 2. The minimum atomic E-state index is 0.243. The molecule has 0 bridgehead atoms. The summed E-state index contributed by atoms with van der Waals surface area (Å²) in [5.41, 5.74) is 2.72. The molecule has 0 atom stereocenters. The molecule has 5 heteroatoms. The number of rotatable bonds is 4. The van der Waals surface area contributed by atoms with Crippen LogP contribution in [0.5, 0.6) is 0 Å². The molecule has 21 heavy (non-hydrogen) atoms. The van der Waals surface area contributed by atoms with Crippen LogP contribution in [0.25, 0.3) is 11.3 Å². The molecule has 1 aromatic carbocycles. The van der Waals surface area contributed by atoms with Gasteiger partial charge in [-0.3, -0.25) is 0 Å². The number of benzene rings is 1. The van der Waals surface area contributed by atoms with Gasteiger partial charge in [-0.2, -0.15) is 0 Å². The predicted octanol–water partition coefficient (Wildman–Crippen LogP) is 5.31. The Labute approximate surface area is 135 Å². The number of anilines is 1. The first kappa shape index (κ1) is 16.1. The SMILES string of the molecule is CCNc1nc(C(C)C)nc(-c2ccc(Cl)cc2Cl)c1C. The highest BCUT2D eigenvalue weighted by atomic mass is 35.5. The molecule has 0 saturated heterocycles. The highest BCUT2D eigenvalue weighted by Gasteiger charge is 2.16. The summed E-state index contributed by atoms with van der Waals surface area (Å²) in [5.74, 6) is 1.91. The van der Waals surface area contributed by atoms with Gasteiger partial charge in [-0.15, -0.1) is 0 Å². The van der Waals surface area contributed by atoms with E-state index in [1.165, 1.54) is 0 Å². The predicted molar refractivity (Wildman–Crippen MR) is 90.5 cm³/mol. The van der Waals surface area contributed by atoms with Gasteiger partial charge in [0.25, 0.3) is 0 Å². The highest BCUT2D eigenvalue weighted by Crippen LogP contribution is 2.33. The third kappa shape index (κ3) is 3.47. The standard InChI is InChI=1S/C16H19Cl2N3/c1-5-19-16-10(4)14(20-15(21-16)9(2)3)12-7-6-11(17)8-13(12)18/h6-9H,5H2,1-4H3,(H,19,20,21).